The monoisotopic (exact) mass is 310 g/mol. The zero-order valence-electron chi connectivity index (χ0n) is 13.7. The molecule has 1 aromatic heterocycles. The van der Waals surface area contributed by atoms with Crippen LogP contribution in [0.4, 0.5) is 5.82 Å². The highest BCUT2D eigenvalue weighted by Gasteiger charge is 2.20. The van der Waals surface area contributed by atoms with Crippen molar-refractivity contribution in [2.45, 2.75) is 26.8 Å². The Morgan fingerprint density at radius 2 is 1.91 bits per heavy atom. The summed E-state index contributed by atoms with van der Waals surface area (Å²) in [6, 6.07) is 10.3. The highest BCUT2D eigenvalue weighted by Crippen LogP contribution is 2.23. The lowest BCUT2D eigenvalue weighted by molar-refractivity contribution is 0.0767. The second-order valence-corrected chi connectivity index (χ2v) is 5.68. The number of nitrogens with zero attached hydrogens (tertiary/aromatic N) is 4. The molecule has 0 spiro atoms. The highest BCUT2D eigenvalue weighted by atomic mass is 16.2. The smallest absolute Gasteiger partial charge is 0.272 e. The van der Waals surface area contributed by atoms with E-state index in [9.17, 15) is 4.79 Å². The number of carbonyl (C=O) groups excluding carboxylic acids is 1. The van der Waals surface area contributed by atoms with Crippen LogP contribution >= 0.6 is 0 Å². The normalized spacial score (nSPS) is 13.6. The average Bonchev–Trinajstić information content (AvgIpc) is 2.62. The third kappa shape index (κ3) is 3.18. The second kappa shape index (κ2) is 6.77. The van der Waals surface area contributed by atoms with Crippen molar-refractivity contribution in [1.29, 1.82) is 0 Å². The summed E-state index contributed by atoms with van der Waals surface area (Å²) in [5.41, 5.74) is 3.20. The van der Waals surface area contributed by atoms with Gasteiger partial charge in [-0.05, 0) is 31.4 Å². The van der Waals surface area contributed by atoms with Crippen LogP contribution in [0.1, 0.15) is 35.5 Å². The molecular weight excluding hydrogens is 288 g/mol. The zero-order valence-corrected chi connectivity index (χ0v) is 13.7. The van der Waals surface area contributed by atoms with Gasteiger partial charge in [-0.15, -0.1) is 0 Å². The average molecular weight is 310 g/mol. The second-order valence-electron chi connectivity index (χ2n) is 5.68. The summed E-state index contributed by atoms with van der Waals surface area (Å²) < 4.78 is 0. The number of hydrogen-bond acceptors (Lipinski definition) is 4. The van der Waals surface area contributed by atoms with Gasteiger partial charge in [0.15, 0.2) is 0 Å². The van der Waals surface area contributed by atoms with Crippen LogP contribution in [0.3, 0.4) is 0 Å². The van der Waals surface area contributed by atoms with Gasteiger partial charge in [-0.2, -0.15) is 0 Å². The molecule has 0 saturated carbocycles. The Hall–Kier alpha value is -2.43. The number of carbonyl (C=O) groups is 1. The van der Waals surface area contributed by atoms with Crippen LogP contribution in [0.2, 0.25) is 0 Å². The third-order valence-corrected chi connectivity index (χ3v) is 4.38. The van der Waals surface area contributed by atoms with Gasteiger partial charge >= 0.3 is 0 Å². The van der Waals surface area contributed by atoms with Crippen LogP contribution in [-0.2, 0) is 13.0 Å². The van der Waals surface area contributed by atoms with E-state index in [1.54, 1.807) is 4.90 Å². The number of amides is 1. The lowest BCUT2D eigenvalue weighted by Crippen LogP contribution is -2.33. The standard InChI is InChI=1S/C18H22N4O/c1-3-21(4-2)18(23)16-11-17(20-13-19-16)22-10-9-14-7-5-6-8-15(14)12-22/h5-8,11,13H,3-4,9-10,12H2,1-2H3. The number of anilines is 1. The van der Waals surface area contributed by atoms with Gasteiger partial charge in [0.25, 0.3) is 5.91 Å². The first-order valence-electron chi connectivity index (χ1n) is 8.16. The van der Waals surface area contributed by atoms with Gasteiger partial charge in [-0.3, -0.25) is 4.79 Å². The van der Waals surface area contributed by atoms with Gasteiger partial charge in [0.2, 0.25) is 0 Å². The maximum Gasteiger partial charge on any atom is 0.272 e. The maximum atomic E-state index is 12.5. The van der Waals surface area contributed by atoms with Crippen LogP contribution in [0.5, 0.6) is 0 Å². The largest absolute Gasteiger partial charge is 0.352 e. The van der Waals surface area contributed by atoms with Crippen molar-refractivity contribution >= 4 is 11.7 Å². The molecule has 23 heavy (non-hydrogen) atoms. The van der Waals surface area contributed by atoms with Gasteiger partial charge in [-0.25, -0.2) is 9.97 Å². The third-order valence-electron chi connectivity index (χ3n) is 4.38. The number of aromatic nitrogens is 2. The molecule has 0 unspecified atom stereocenters. The Morgan fingerprint density at radius 3 is 2.65 bits per heavy atom. The fourth-order valence-electron chi connectivity index (χ4n) is 3.00. The molecule has 1 aliphatic rings. The Morgan fingerprint density at radius 1 is 1.17 bits per heavy atom. The van der Waals surface area contributed by atoms with Crippen molar-refractivity contribution in [3.05, 3.63) is 53.5 Å². The van der Waals surface area contributed by atoms with Gasteiger partial charge in [0.1, 0.15) is 17.8 Å². The van der Waals surface area contributed by atoms with E-state index in [1.807, 2.05) is 19.9 Å². The van der Waals surface area contributed by atoms with Crippen LogP contribution in [-0.4, -0.2) is 40.4 Å². The first-order chi connectivity index (χ1) is 11.2. The lowest BCUT2D eigenvalue weighted by atomic mass is 10.00. The summed E-state index contributed by atoms with van der Waals surface area (Å²) in [5.74, 6) is 0.793. The highest BCUT2D eigenvalue weighted by molar-refractivity contribution is 5.92. The fraction of sp³-hybridized carbons (Fsp3) is 0.389. The van der Waals surface area contributed by atoms with Crippen molar-refractivity contribution in [3.8, 4) is 0 Å². The van der Waals surface area contributed by atoms with E-state index in [0.717, 1.165) is 25.3 Å². The first kappa shape index (κ1) is 15.5. The molecule has 1 aliphatic heterocycles. The van der Waals surface area contributed by atoms with Crippen LogP contribution in [0.15, 0.2) is 36.7 Å². The van der Waals surface area contributed by atoms with Crippen LogP contribution < -0.4 is 4.90 Å². The summed E-state index contributed by atoms with van der Waals surface area (Å²) >= 11 is 0. The summed E-state index contributed by atoms with van der Waals surface area (Å²) in [6.45, 7) is 7.06. The van der Waals surface area contributed by atoms with E-state index in [4.69, 9.17) is 0 Å². The minimum atomic E-state index is -0.0314. The first-order valence-corrected chi connectivity index (χ1v) is 8.16. The fourth-order valence-corrected chi connectivity index (χ4v) is 3.00. The molecule has 0 aliphatic carbocycles. The number of benzene rings is 1. The topological polar surface area (TPSA) is 49.3 Å². The predicted molar refractivity (Wildman–Crippen MR) is 90.5 cm³/mol. The van der Waals surface area contributed by atoms with E-state index >= 15 is 0 Å². The lowest BCUT2D eigenvalue weighted by Gasteiger charge is -2.30. The minimum Gasteiger partial charge on any atom is -0.352 e. The Balaban J connectivity index is 1.82. The van der Waals surface area contributed by atoms with E-state index in [0.29, 0.717) is 18.8 Å². The summed E-state index contributed by atoms with van der Waals surface area (Å²) in [6.07, 6.45) is 2.49. The summed E-state index contributed by atoms with van der Waals surface area (Å²) in [4.78, 5) is 25.0. The van der Waals surface area contributed by atoms with Crippen LogP contribution in [0, 0.1) is 0 Å². The van der Waals surface area contributed by atoms with Crippen molar-refractivity contribution in [2.75, 3.05) is 24.5 Å². The molecule has 0 fully saturated rings. The minimum absolute atomic E-state index is 0.0314. The Kier molecular flexibility index (Phi) is 4.55. The Labute approximate surface area is 137 Å². The Bertz CT molecular complexity index is 697. The molecule has 1 aromatic carbocycles. The van der Waals surface area contributed by atoms with Crippen LogP contribution in [0.25, 0.3) is 0 Å². The van der Waals surface area contributed by atoms with E-state index in [1.165, 1.54) is 17.5 Å². The van der Waals surface area contributed by atoms with Gasteiger partial charge in [0, 0.05) is 32.2 Å². The molecule has 0 radical (unpaired) electrons. The quantitative estimate of drug-likeness (QED) is 0.871. The van der Waals surface area contributed by atoms with Gasteiger partial charge in [-0.1, -0.05) is 24.3 Å². The molecular formula is C18H22N4O. The molecule has 5 nitrogen and oxygen atoms in total. The van der Waals surface area contributed by atoms with Gasteiger partial charge in [0.05, 0.1) is 0 Å². The molecule has 2 aromatic rings. The SMILES string of the molecule is CCN(CC)C(=O)c1cc(N2CCc3ccccc3C2)ncn1. The number of fused-ring (bicyclic) bond motifs is 1. The molecule has 0 atom stereocenters. The number of hydrogen-bond donors (Lipinski definition) is 0. The van der Waals surface area contributed by atoms with E-state index in [-0.39, 0.29) is 5.91 Å². The van der Waals surface area contributed by atoms with Gasteiger partial charge < -0.3 is 9.80 Å². The van der Waals surface area contributed by atoms with Crippen molar-refractivity contribution in [1.82, 2.24) is 14.9 Å². The molecule has 120 valence electrons. The predicted octanol–water partition coefficient (Wildman–Crippen LogP) is 2.52. The number of rotatable bonds is 4. The molecule has 0 saturated heterocycles. The molecule has 2 heterocycles. The summed E-state index contributed by atoms with van der Waals surface area (Å²) in [5, 5.41) is 0. The van der Waals surface area contributed by atoms with Crippen molar-refractivity contribution in [2.24, 2.45) is 0 Å². The van der Waals surface area contributed by atoms with Crippen molar-refractivity contribution < 1.29 is 4.79 Å². The zero-order chi connectivity index (χ0) is 16.2. The molecule has 5 heteroatoms. The van der Waals surface area contributed by atoms with E-state index in [2.05, 4.69) is 39.1 Å². The van der Waals surface area contributed by atoms with Crippen molar-refractivity contribution in [3.63, 3.8) is 0 Å². The summed E-state index contributed by atoms with van der Waals surface area (Å²) in [7, 11) is 0. The molecule has 0 N–H and O–H groups in total. The molecule has 3 rings (SSSR count). The molecule has 1 amide bonds. The molecule has 0 bridgehead atoms. The van der Waals surface area contributed by atoms with E-state index < -0.39 is 0 Å². The maximum absolute atomic E-state index is 12.5.